The molecule has 0 unspecified atom stereocenters. The molecule has 0 atom stereocenters. The summed E-state index contributed by atoms with van der Waals surface area (Å²) in [7, 11) is 2.07. The minimum absolute atomic E-state index is 0.128. The highest BCUT2D eigenvalue weighted by atomic mass is 16.5. The Morgan fingerprint density at radius 2 is 1.25 bits per heavy atom. The van der Waals surface area contributed by atoms with Crippen LogP contribution in [0, 0.1) is 5.41 Å². The summed E-state index contributed by atoms with van der Waals surface area (Å²) < 4.78 is 14.9. The Kier molecular flexibility index (Phi) is 6.26. The molecule has 2 aliphatic rings. The third-order valence-corrected chi connectivity index (χ3v) is 5.18. The molecule has 176 valence electrons. The van der Waals surface area contributed by atoms with Crippen LogP contribution >= 0.6 is 0 Å². The first-order valence-corrected chi connectivity index (χ1v) is 9.15. The molecule has 0 aromatic heterocycles. The molecule has 0 aromatic carbocycles. The average Bonchev–Trinajstić information content (AvgIpc) is 3.02. The van der Waals surface area contributed by atoms with Gasteiger partial charge in [0.1, 0.15) is 0 Å². The summed E-state index contributed by atoms with van der Waals surface area (Å²) in [5.41, 5.74) is 18.0. The van der Waals surface area contributed by atoms with Crippen LogP contribution in [0.1, 0.15) is 20.8 Å². The molecule has 2 aliphatic heterocycles. The number of allylic oxidation sites excluding steroid dienone is 2. The number of hydrazine groups is 2. The van der Waals surface area contributed by atoms with E-state index in [0.717, 1.165) is 24.2 Å². The van der Waals surface area contributed by atoms with Gasteiger partial charge in [-0.25, -0.2) is 40.0 Å². The van der Waals surface area contributed by atoms with Crippen molar-refractivity contribution in [1.82, 2.24) is 20.9 Å². The molecule has 2 heterocycles. The minimum Gasteiger partial charge on any atom is -0.466 e. The fourth-order valence-electron chi connectivity index (χ4n) is 4.16. The van der Waals surface area contributed by atoms with E-state index in [9.17, 15) is 24.0 Å². The van der Waals surface area contributed by atoms with Gasteiger partial charge in [-0.05, 0) is 20.8 Å². The van der Waals surface area contributed by atoms with Crippen LogP contribution in [0.4, 0.5) is 9.59 Å². The zero-order valence-electron chi connectivity index (χ0n) is 18.1. The highest BCUT2D eigenvalue weighted by molar-refractivity contribution is 6.11. The number of carbonyl (C=O) groups is 5. The van der Waals surface area contributed by atoms with Crippen LogP contribution in [0.15, 0.2) is 22.5 Å². The molecule has 0 saturated carbocycles. The van der Waals surface area contributed by atoms with Gasteiger partial charge in [0.25, 0.3) is 0 Å². The Hall–Kier alpha value is -4.01. The van der Waals surface area contributed by atoms with Crippen molar-refractivity contribution < 1.29 is 38.2 Å². The van der Waals surface area contributed by atoms with Crippen LogP contribution in [0.2, 0.25) is 0 Å². The van der Waals surface area contributed by atoms with Crippen LogP contribution in [-0.2, 0) is 28.6 Å². The Bertz CT molecular complexity index is 897. The summed E-state index contributed by atoms with van der Waals surface area (Å²) in [4.78, 5) is 63.0. The SMILES string of the molecule is CCOC(=O)C12C(C(=O)OC)=C(C)N(NC(N)=O)C1(N)N(NC(N)=O)C(C)=C2C(=O)OC. The predicted molar refractivity (Wildman–Crippen MR) is 105 cm³/mol. The first-order chi connectivity index (χ1) is 14.9. The molecule has 15 nitrogen and oxygen atoms in total. The number of nitrogens with two attached hydrogens (primary N) is 3. The topological polar surface area (TPSA) is 222 Å². The van der Waals surface area contributed by atoms with E-state index in [1.54, 1.807) is 0 Å². The molecule has 0 aromatic rings. The third kappa shape index (κ3) is 2.96. The number of urea groups is 2. The molecule has 0 saturated heterocycles. The summed E-state index contributed by atoms with van der Waals surface area (Å²) in [6.45, 7) is 3.92. The van der Waals surface area contributed by atoms with Crippen LogP contribution in [0.3, 0.4) is 0 Å². The van der Waals surface area contributed by atoms with E-state index in [2.05, 4.69) is 10.9 Å². The quantitative estimate of drug-likeness (QED) is 0.214. The second kappa shape index (κ2) is 8.26. The monoisotopic (exact) mass is 455 g/mol. The standard InChI is InChI=1S/C17H25N7O8/c1-6-32-13(27)16-9(11(25)30-4)7(2)23(21-14(18)28)17(16,20)24(22-15(19)29)8(3)10(16)12(26)31-5/h6,20H2,1-5H3,(H3,18,21,28)(H3,19,22,29). The van der Waals surface area contributed by atoms with Crippen molar-refractivity contribution in [2.45, 2.75) is 26.6 Å². The lowest BCUT2D eigenvalue weighted by atomic mass is 9.71. The summed E-state index contributed by atoms with van der Waals surface area (Å²) in [6, 6.07) is -2.28. The number of amides is 4. The van der Waals surface area contributed by atoms with Crippen molar-refractivity contribution in [1.29, 1.82) is 0 Å². The smallest absolute Gasteiger partial charge is 0.337 e. The largest absolute Gasteiger partial charge is 0.466 e. The number of nitrogens with zero attached hydrogens (tertiary/aromatic N) is 2. The molecule has 15 heteroatoms. The van der Waals surface area contributed by atoms with E-state index < -0.39 is 52.3 Å². The van der Waals surface area contributed by atoms with E-state index >= 15 is 0 Å². The van der Waals surface area contributed by atoms with Gasteiger partial charge in [0.2, 0.25) is 5.79 Å². The number of hydrogen-bond acceptors (Lipinski definition) is 11. The molecule has 0 aliphatic carbocycles. The first-order valence-electron chi connectivity index (χ1n) is 9.15. The summed E-state index contributed by atoms with van der Waals surface area (Å²) >= 11 is 0. The van der Waals surface area contributed by atoms with E-state index in [1.807, 2.05) is 0 Å². The van der Waals surface area contributed by atoms with Gasteiger partial charge < -0.3 is 25.7 Å². The van der Waals surface area contributed by atoms with Crippen LogP contribution in [-0.4, -0.2) is 66.6 Å². The number of ether oxygens (including phenoxy) is 3. The Labute approximate surface area is 182 Å². The average molecular weight is 455 g/mol. The second-order valence-electron chi connectivity index (χ2n) is 6.72. The van der Waals surface area contributed by atoms with Crippen molar-refractivity contribution in [3.05, 3.63) is 22.5 Å². The zero-order valence-corrected chi connectivity index (χ0v) is 18.1. The van der Waals surface area contributed by atoms with Crippen molar-refractivity contribution in [2.24, 2.45) is 22.6 Å². The number of fused-ring (bicyclic) bond motifs is 1. The van der Waals surface area contributed by atoms with Crippen molar-refractivity contribution in [2.75, 3.05) is 20.8 Å². The maximum absolute atomic E-state index is 13.5. The summed E-state index contributed by atoms with van der Waals surface area (Å²) in [6.07, 6.45) is 0. The van der Waals surface area contributed by atoms with Gasteiger partial charge in [0, 0.05) is 11.4 Å². The number of primary amides is 2. The highest BCUT2D eigenvalue weighted by Gasteiger charge is 2.78. The predicted octanol–water partition coefficient (Wildman–Crippen LogP) is -2.16. The van der Waals surface area contributed by atoms with Crippen molar-refractivity contribution in [3.8, 4) is 0 Å². The molecule has 8 N–H and O–H groups in total. The van der Waals surface area contributed by atoms with E-state index in [-0.39, 0.29) is 18.0 Å². The van der Waals surface area contributed by atoms with Gasteiger partial charge in [-0.1, -0.05) is 0 Å². The van der Waals surface area contributed by atoms with E-state index in [4.69, 9.17) is 31.4 Å². The maximum atomic E-state index is 13.5. The normalized spacial score (nSPS) is 24.2. The fourth-order valence-corrected chi connectivity index (χ4v) is 4.16. The lowest BCUT2D eigenvalue weighted by molar-refractivity contribution is -0.169. The number of carbonyl (C=O) groups excluding carboxylic acids is 5. The molecule has 0 radical (unpaired) electrons. The van der Waals surface area contributed by atoms with Crippen LogP contribution in [0.5, 0.6) is 0 Å². The Morgan fingerprint density at radius 3 is 1.53 bits per heavy atom. The molecule has 0 fully saturated rings. The minimum atomic E-state index is -2.47. The molecule has 0 spiro atoms. The van der Waals surface area contributed by atoms with Crippen molar-refractivity contribution >= 4 is 30.0 Å². The molecule has 4 amide bonds. The Balaban J connectivity index is 3.10. The molecule has 0 bridgehead atoms. The van der Waals surface area contributed by atoms with Gasteiger partial charge in [-0.15, -0.1) is 0 Å². The van der Waals surface area contributed by atoms with Gasteiger partial charge >= 0.3 is 30.0 Å². The van der Waals surface area contributed by atoms with Gasteiger partial charge in [0.05, 0.1) is 32.0 Å². The fraction of sp³-hybridized carbons (Fsp3) is 0.471. The summed E-state index contributed by atoms with van der Waals surface area (Å²) in [5, 5.41) is 1.68. The maximum Gasteiger partial charge on any atom is 0.337 e. The van der Waals surface area contributed by atoms with Gasteiger partial charge in [0.15, 0.2) is 5.41 Å². The number of nitrogens with one attached hydrogen (secondary N) is 2. The first kappa shape index (κ1) is 24.3. The zero-order chi connectivity index (χ0) is 24.6. The molecule has 32 heavy (non-hydrogen) atoms. The van der Waals surface area contributed by atoms with Gasteiger partial charge in [-0.2, -0.15) is 0 Å². The van der Waals surface area contributed by atoms with E-state index in [0.29, 0.717) is 0 Å². The Morgan fingerprint density at radius 1 is 0.875 bits per heavy atom. The van der Waals surface area contributed by atoms with E-state index in [1.165, 1.54) is 20.8 Å². The molecule has 2 rings (SSSR count). The van der Waals surface area contributed by atoms with Crippen LogP contribution in [0.25, 0.3) is 0 Å². The highest BCUT2D eigenvalue weighted by Crippen LogP contribution is 2.60. The van der Waals surface area contributed by atoms with Crippen molar-refractivity contribution in [3.63, 3.8) is 0 Å². The third-order valence-electron chi connectivity index (χ3n) is 5.18. The van der Waals surface area contributed by atoms with Crippen LogP contribution < -0.4 is 28.1 Å². The molecular formula is C17H25N7O8. The number of methoxy groups -OCH3 is 2. The number of esters is 3. The summed E-state index contributed by atoms with van der Waals surface area (Å²) in [5.74, 6) is -5.72. The van der Waals surface area contributed by atoms with Gasteiger partial charge in [-0.3, -0.25) is 10.5 Å². The second-order valence-corrected chi connectivity index (χ2v) is 6.72. The lowest BCUT2D eigenvalue weighted by Gasteiger charge is -2.47. The number of rotatable bonds is 6. The lowest BCUT2D eigenvalue weighted by Crippen LogP contribution is -2.77. The number of hydrogen-bond donors (Lipinski definition) is 5. The molecular weight excluding hydrogens is 430 g/mol.